The van der Waals surface area contributed by atoms with Crippen molar-refractivity contribution in [1.29, 1.82) is 0 Å². The van der Waals surface area contributed by atoms with E-state index in [0.29, 0.717) is 19.7 Å². The van der Waals surface area contributed by atoms with Crippen LogP contribution in [0.5, 0.6) is 0 Å². The molecule has 7 heteroatoms. The highest BCUT2D eigenvalue weighted by atomic mass is 16.5. The fourth-order valence-electron chi connectivity index (χ4n) is 2.06. The lowest BCUT2D eigenvalue weighted by atomic mass is 10.2. The van der Waals surface area contributed by atoms with Gasteiger partial charge in [0.15, 0.2) is 0 Å². The summed E-state index contributed by atoms with van der Waals surface area (Å²) < 4.78 is 5.52. The molecule has 0 aliphatic carbocycles. The van der Waals surface area contributed by atoms with Crippen molar-refractivity contribution in [3.05, 3.63) is 11.6 Å². The van der Waals surface area contributed by atoms with Gasteiger partial charge in [0, 0.05) is 33.6 Å². The minimum Gasteiger partial charge on any atom is -0.366 e. The number of hydrogen-bond acceptors (Lipinski definition) is 5. The predicted octanol–water partition coefficient (Wildman–Crippen LogP) is -0.344. The number of aromatic nitrogens is 3. The van der Waals surface area contributed by atoms with E-state index in [2.05, 4.69) is 20.1 Å². The molecule has 1 aromatic heterocycles. The Balaban J connectivity index is 1.92. The SMILES string of the molecule is CCc1n[nH]c(CN2CCOC(C(=O)N(C)C)C2)n1. The molecule has 0 spiro atoms. The maximum atomic E-state index is 11.9. The minimum atomic E-state index is -0.377. The quantitative estimate of drug-likeness (QED) is 0.807. The van der Waals surface area contributed by atoms with Crippen LogP contribution in [-0.2, 0) is 22.5 Å². The Kier molecular flexibility index (Phi) is 4.49. The van der Waals surface area contributed by atoms with Crippen molar-refractivity contribution in [2.45, 2.75) is 26.0 Å². The third kappa shape index (κ3) is 3.51. The number of carbonyl (C=O) groups excluding carboxylic acids is 1. The molecule has 0 bridgehead atoms. The average Bonchev–Trinajstić information content (AvgIpc) is 2.85. The lowest BCUT2D eigenvalue weighted by molar-refractivity contribution is -0.147. The van der Waals surface area contributed by atoms with E-state index in [4.69, 9.17) is 4.74 Å². The summed E-state index contributed by atoms with van der Waals surface area (Å²) in [5.41, 5.74) is 0. The summed E-state index contributed by atoms with van der Waals surface area (Å²) >= 11 is 0. The van der Waals surface area contributed by atoms with Crippen LogP contribution in [0.15, 0.2) is 0 Å². The van der Waals surface area contributed by atoms with Gasteiger partial charge in [-0.2, -0.15) is 5.10 Å². The first-order valence-corrected chi connectivity index (χ1v) is 6.55. The van der Waals surface area contributed by atoms with Crippen LogP contribution in [0.2, 0.25) is 0 Å². The molecular formula is C12H21N5O2. The van der Waals surface area contributed by atoms with E-state index in [1.54, 1.807) is 19.0 Å². The van der Waals surface area contributed by atoms with E-state index in [1.807, 2.05) is 6.92 Å². The normalized spacial score (nSPS) is 20.5. The van der Waals surface area contributed by atoms with Crippen molar-refractivity contribution < 1.29 is 9.53 Å². The molecule has 19 heavy (non-hydrogen) atoms. The first-order valence-electron chi connectivity index (χ1n) is 6.55. The second-order valence-corrected chi connectivity index (χ2v) is 4.88. The van der Waals surface area contributed by atoms with Crippen LogP contribution in [0.1, 0.15) is 18.6 Å². The zero-order chi connectivity index (χ0) is 13.8. The lowest BCUT2D eigenvalue weighted by Crippen LogP contribution is -2.49. The van der Waals surface area contributed by atoms with Crippen LogP contribution in [0.3, 0.4) is 0 Å². The molecule has 1 unspecified atom stereocenters. The molecule has 1 aliphatic rings. The Morgan fingerprint density at radius 1 is 1.58 bits per heavy atom. The molecule has 1 aromatic rings. The fourth-order valence-corrected chi connectivity index (χ4v) is 2.06. The van der Waals surface area contributed by atoms with E-state index in [0.717, 1.165) is 24.6 Å². The van der Waals surface area contributed by atoms with E-state index in [-0.39, 0.29) is 12.0 Å². The average molecular weight is 267 g/mol. The van der Waals surface area contributed by atoms with Gasteiger partial charge in [-0.05, 0) is 0 Å². The number of nitrogens with one attached hydrogen (secondary N) is 1. The topological polar surface area (TPSA) is 74.4 Å². The molecule has 2 rings (SSSR count). The highest BCUT2D eigenvalue weighted by Crippen LogP contribution is 2.10. The number of H-pyrrole nitrogens is 1. The predicted molar refractivity (Wildman–Crippen MR) is 69.5 cm³/mol. The molecule has 1 aliphatic heterocycles. The molecule has 1 amide bonds. The third-order valence-corrected chi connectivity index (χ3v) is 3.13. The van der Waals surface area contributed by atoms with Crippen LogP contribution >= 0.6 is 0 Å². The molecule has 1 N–H and O–H groups in total. The zero-order valence-corrected chi connectivity index (χ0v) is 11.7. The standard InChI is InChI=1S/C12H21N5O2/c1-4-10-13-11(15-14-10)8-17-5-6-19-9(7-17)12(18)16(2)3/h9H,4-8H2,1-3H3,(H,13,14,15). The van der Waals surface area contributed by atoms with Crippen LogP contribution in [0.25, 0.3) is 0 Å². The van der Waals surface area contributed by atoms with Gasteiger partial charge < -0.3 is 9.64 Å². The van der Waals surface area contributed by atoms with Crippen molar-refractivity contribution in [3.63, 3.8) is 0 Å². The molecule has 1 fully saturated rings. The van der Waals surface area contributed by atoms with E-state index in [1.165, 1.54) is 0 Å². The first kappa shape index (κ1) is 14.0. The number of ether oxygens (including phenoxy) is 1. The number of aryl methyl sites for hydroxylation is 1. The molecule has 0 aromatic carbocycles. The number of rotatable bonds is 4. The number of morpholine rings is 1. The number of hydrogen-bond donors (Lipinski definition) is 1. The van der Waals surface area contributed by atoms with Crippen LogP contribution in [0, 0.1) is 0 Å². The number of amides is 1. The summed E-state index contributed by atoms with van der Waals surface area (Å²) in [6, 6.07) is 0. The van der Waals surface area contributed by atoms with Crippen molar-refractivity contribution in [2.24, 2.45) is 0 Å². The monoisotopic (exact) mass is 267 g/mol. The number of nitrogens with zero attached hydrogens (tertiary/aromatic N) is 4. The Morgan fingerprint density at radius 3 is 3.00 bits per heavy atom. The van der Waals surface area contributed by atoms with E-state index >= 15 is 0 Å². The summed E-state index contributed by atoms with van der Waals surface area (Å²) in [7, 11) is 3.49. The number of likely N-dealkylation sites (N-methyl/N-ethyl adjacent to an activating group) is 1. The maximum absolute atomic E-state index is 11.9. The van der Waals surface area contributed by atoms with Crippen molar-refractivity contribution >= 4 is 5.91 Å². The summed E-state index contributed by atoms with van der Waals surface area (Å²) in [6.45, 7) is 4.67. The lowest BCUT2D eigenvalue weighted by Gasteiger charge is -2.32. The Labute approximate surface area is 112 Å². The van der Waals surface area contributed by atoms with Gasteiger partial charge in [-0.25, -0.2) is 4.98 Å². The van der Waals surface area contributed by atoms with Crippen molar-refractivity contribution in [1.82, 2.24) is 25.0 Å². The zero-order valence-electron chi connectivity index (χ0n) is 11.7. The highest BCUT2D eigenvalue weighted by molar-refractivity contribution is 5.80. The van der Waals surface area contributed by atoms with Gasteiger partial charge in [0.2, 0.25) is 0 Å². The second-order valence-electron chi connectivity index (χ2n) is 4.88. The smallest absolute Gasteiger partial charge is 0.252 e. The summed E-state index contributed by atoms with van der Waals surface area (Å²) in [6.07, 6.45) is 0.443. The Hall–Kier alpha value is -1.47. The number of aromatic amines is 1. The molecular weight excluding hydrogens is 246 g/mol. The van der Waals surface area contributed by atoms with Crippen LogP contribution in [-0.4, -0.2) is 70.8 Å². The first-order chi connectivity index (χ1) is 9.10. The minimum absolute atomic E-state index is 0.0107. The van der Waals surface area contributed by atoms with Crippen molar-refractivity contribution in [2.75, 3.05) is 33.8 Å². The molecule has 1 saturated heterocycles. The van der Waals surface area contributed by atoms with Gasteiger partial charge in [-0.15, -0.1) is 0 Å². The largest absolute Gasteiger partial charge is 0.366 e. The molecule has 7 nitrogen and oxygen atoms in total. The molecule has 0 saturated carbocycles. The van der Waals surface area contributed by atoms with Gasteiger partial charge in [-0.1, -0.05) is 6.92 Å². The molecule has 0 radical (unpaired) electrons. The number of carbonyl (C=O) groups is 1. The van der Waals surface area contributed by atoms with Gasteiger partial charge in [0.25, 0.3) is 5.91 Å². The van der Waals surface area contributed by atoms with E-state index < -0.39 is 0 Å². The Bertz CT molecular complexity index is 432. The fraction of sp³-hybridized carbons (Fsp3) is 0.750. The summed E-state index contributed by atoms with van der Waals surface area (Å²) in [5, 5.41) is 7.05. The van der Waals surface area contributed by atoms with Crippen LogP contribution < -0.4 is 0 Å². The van der Waals surface area contributed by atoms with Gasteiger partial charge in [0.05, 0.1) is 13.2 Å². The highest BCUT2D eigenvalue weighted by Gasteiger charge is 2.28. The summed E-state index contributed by atoms with van der Waals surface area (Å²) in [4.78, 5) is 20.0. The summed E-state index contributed by atoms with van der Waals surface area (Å²) in [5.74, 6) is 1.68. The van der Waals surface area contributed by atoms with Gasteiger partial charge >= 0.3 is 0 Å². The maximum Gasteiger partial charge on any atom is 0.252 e. The molecule has 1 atom stereocenters. The van der Waals surface area contributed by atoms with Gasteiger partial charge in [0.1, 0.15) is 17.8 Å². The molecule has 2 heterocycles. The Morgan fingerprint density at radius 2 is 2.37 bits per heavy atom. The van der Waals surface area contributed by atoms with E-state index in [9.17, 15) is 4.79 Å². The third-order valence-electron chi connectivity index (χ3n) is 3.13. The van der Waals surface area contributed by atoms with Crippen LogP contribution in [0.4, 0.5) is 0 Å². The van der Waals surface area contributed by atoms with Crippen molar-refractivity contribution in [3.8, 4) is 0 Å². The van der Waals surface area contributed by atoms with Gasteiger partial charge in [-0.3, -0.25) is 14.8 Å². The second kappa shape index (κ2) is 6.12. The molecule has 106 valence electrons.